The molecule has 4 heteroatoms. The monoisotopic (exact) mass is 273 g/mol. The molecule has 0 radical (unpaired) electrons. The van der Waals surface area contributed by atoms with Gasteiger partial charge in [0.05, 0.1) is 5.03 Å². The lowest BCUT2D eigenvalue weighted by Crippen LogP contribution is -2.21. The molecule has 0 saturated heterocycles. The predicted molar refractivity (Wildman–Crippen MR) is 73.7 cm³/mol. The van der Waals surface area contributed by atoms with Gasteiger partial charge in [0.2, 0.25) is 0 Å². The molecule has 0 aliphatic heterocycles. The fourth-order valence-corrected chi connectivity index (χ4v) is 1.47. The molecule has 17 heavy (non-hydrogen) atoms. The van der Waals surface area contributed by atoms with Crippen molar-refractivity contribution in [3.63, 3.8) is 0 Å². The molecule has 0 bridgehead atoms. The fourth-order valence-electron chi connectivity index (χ4n) is 1.35. The number of halogens is 2. The Labute approximate surface area is 112 Å². The molecule has 0 aliphatic carbocycles. The summed E-state index contributed by atoms with van der Waals surface area (Å²) in [5, 5.41) is 0.476. The molecule has 0 heterocycles. The summed E-state index contributed by atoms with van der Waals surface area (Å²) in [6.07, 6.45) is 1.87. The van der Waals surface area contributed by atoms with Crippen LogP contribution in [0, 0.1) is 0 Å². The Morgan fingerprint density at radius 2 is 2.06 bits per heavy atom. The maximum absolute atomic E-state index is 5.89. The molecule has 0 amide bonds. The van der Waals surface area contributed by atoms with Gasteiger partial charge < -0.3 is 10.5 Å². The third-order valence-corrected chi connectivity index (χ3v) is 3.03. The molecule has 0 fully saturated rings. The van der Waals surface area contributed by atoms with Crippen LogP contribution < -0.4 is 10.5 Å². The van der Waals surface area contributed by atoms with E-state index in [4.69, 9.17) is 33.7 Å². The summed E-state index contributed by atoms with van der Waals surface area (Å²) in [7, 11) is 0. The first-order valence-electron chi connectivity index (χ1n) is 5.57. The number of nitrogens with two attached hydrogens (primary N) is 1. The summed E-state index contributed by atoms with van der Waals surface area (Å²) in [5.41, 5.74) is 8.40. The van der Waals surface area contributed by atoms with E-state index >= 15 is 0 Å². The summed E-state index contributed by atoms with van der Waals surface area (Å²) < 4.78 is 5.43. The molecule has 0 aromatic heterocycles. The normalized spacial score (nSPS) is 13.5. The Bertz CT molecular complexity index is 362. The van der Waals surface area contributed by atoms with Crippen molar-refractivity contribution < 1.29 is 4.74 Å². The van der Waals surface area contributed by atoms with Gasteiger partial charge in [-0.15, -0.1) is 0 Å². The van der Waals surface area contributed by atoms with Crippen LogP contribution >= 0.6 is 23.2 Å². The van der Waals surface area contributed by atoms with E-state index in [0.717, 1.165) is 18.6 Å². The lowest BCUT2D eigenvalue weighted by molar-refractivity contribution is 0.359. The predicted octanol–water partition coefficient (Wildman–Crippen LogP) is 3.66. The number of hydrogen-bond acceptors (Lipinski definition) is 2. The van der Waals surface area contributed by atoms with Gasteiger partial charge in [0, 0.05) is 11.6 Å². The van der Waals surface area contributed by atoms with Gasteiger partial charge in [0.25, 0.3) is 0 Å². The minimum atomic E-state index is 0.218. The van der Waals surface area contributed by atoms with Crippen molar-refractivity contribution in [2.24, 2.45) is 5.73 Å². The molecular weight excluding hydrogens is 257 g/mol. The maximum Gasteiger partial charge on any atom is 0.125 e. The average molecular weight is 274 g/mol. The number of benzene rings is 1. The fraction of sp³-hybridized carbons (Fsp3) is 0.385. The molecule has 1 aromatic rings. The third-order valence-electron chi connectivity index (χ3n) is 2.44. The van der Waals surface area contributed by atoms with E-state index in [0.29, 0.717) is 11.6 Å². The SMILES string of the molecule is CCC(N)Cc1ccc(OCC(Cl)=CCl)cc1. The number of ether oxygens (including phenoxy) is 1. The molecular formula is C13H17Cl2NO. The van der Waals surface area contributed by atoms with Crippen molar-refractivity contribution in [3.05, 3.63) is 40.4 Å². The molecule has 2 N–H and O–H groups in total. The Morgan fingerprint density at radius 3 is 2.59 bits per heavy atom. The lowest BCUT2D eigenvalue weighted by atomic mass is 10.0. The summed E-state index contributed by atoms with van der Waals surface area (Å²) >= 11 is 11.2. The van der Waals surface area contributed by atoms with E-state index in [-0.39, 0.29) is 6.04 Å². The molecule has 1 rings (SSSR count). The first kappa shape index (κ1) is 14.4. The molecule has 1 aromatic carbocycles. The Hall–Kier alpha value is -0.700. The van der Waals surface area contributed by atoms with Crippen molar-refractivity contribution in [2.45, 2.75) is 25.8 Å². The van der Waals surface area contributed by atoms with Gasteiger partial charge in [-0.25, -0.2) is 0 Å². The van der Waals surface area contributed by atoms with E-state index in [2.05, 4.69) is 6.92 Å². The van der Waals surface area contributed by atoms with Crippen LogP contribution in [0.3, 0.4) is 0 Å². The molecule has 0 saturated carbocycles. The van der Waals surface area contributed by atoms with Crippen LogP contribution in [0.4, 0.5) is 0 Å². The molecule has 94 valence electrons. The molecule has 1 atom stereocenters. The van der Waals surface area contributed by atoms with Crippen LogP contribution in [0.1, 0.15) is 18.9 Å². The summed E-state index contributed by atoms with van der Waals surface area (Å²) in [6.45, 7) is 2.38. The van der Waals surface area contributed by atoms with Crippen LogP contribution in [-0.2, 0) is 6.42 Å². The van der Waals surface area contributed by atoms with Gasteiger partial charge in [-0.1, -0.05) is 42.3 Å². The minimum absolute atomic E-state index is 0.218. The van der Waals surface area contributed by atoms with E-state index in [1.165, 1.54) is 11.1 Å². The van der Waals surface area contributed by atoms with E-state index < -0.39 is 0 Å². The van der Waals surface area contributed by atoms with Crippen molar-refractivity contribution in [3.8, 4) is 5.75 Å². The number of rotatable bonds is 6. The molecule has 1 unspecified atom stereocenters. The van der Waals surface area contributed by atoms with Gasteiger partial charge in [0.15, 0.2) is 0 Å². The minimum Gasteiger partial charge on any atom is -0.488 e. The smallest absolute Gasteiger partial charge is 0.125 e. The van der Waals surface area contributed by atoms with Gasteiger partial charge in [0.1, 0.15) is 12.4 Å². The van der Waals surface area contributed by atoms with Gasteiger partial charge in [-0.05, 0) is 30.5 Å². The van der Waals surface area contributed by atoms with Crippen LogP contribution in [0.2, 0.25) is 0 Å². The first-order chi connectivity index (χ1) is 8.15. The summed E-state index contributed by atoms with van der Waals surface area (Å²) in [6, 6.07) is 8.08. The zero-order valence-electron chi connectivity index (χ0n) is 9.83. The highest BCUT2D eigenvalue weighted by atomic mass is 35.5. The maximum atomic E-state index is 5.89. The van der Waals surface area contributed by atoms with Crippen LogP contribution in [-0.4, -0.2) is 12.6 Å². The van der Waals surface area contributed by atoms with Gasteiger partial charge in [-0.3, -0.25) is 0 Å². The van der Waals surface area contributed by atoms with Crippen molar-refractivity contribution in [1.82, 2.24) is 0 Å². The largest absolute Gasteiger partial charge is 0.488 e. The highest BCUT2D eigenvalue weighted by Crippen LogP contribution is 2.15. The van der Waals surface area contributed by atoms with Crippen molar-refractivity contribution >= 4 is 23.2 Å². The van der Waals surface area contributed by atoms with E-state index in [1.54, 1.807) is 0 Å². The second-order valence-electron chi connectivity index (χ2n) is 3.86. The van der Waals surface area contributed by atoms with Crippen molar-refractivity contribution in [2.75, 3.05) is 6.61 Å². The zero-order valence-corrected chi connectivity index (χ0v) is 11.3. The zero-order chi connectivity index (χ0) is 12.7. The highest BCUT2D eigenvalue weighted by Gasteiger charge is 2.02. The highest BCUT2D eigenvalue weighted by molar-refractivity contribution is 6.36. The quantitative estimate of drug-likeness (QED) is 0.859. The summed E-state index contributed by atoms with van der Waals surface area (Å²) in [4.78, 5) is 0. The van der Waals surface area contributed by atoms with Gasteiger partial charge in [-0.2, -0.15) is 0 Å². The topological polar surface area (TPSA) is 35.2 Å². The molecule has 2 nitrogen and oxygen atoms in total. The standard InChI is InChI=1S/C13H17Cl2NO/c1-2-12(16)7-10-3-5-13(6-4-10)17-9-11(15)8-14/h3-6,8,12H,2,7,9,16H2,1H3. The molecule has 0 spiro atoms. The second-order valence-corrected chi connectivity index (χ2v) is 4.56. The van der Waals surface area contributed by atoms with Crippen LogP contribution in [0.5, 0.6) is 5.75 Å². The lowest BCUT2D eigenvalue weighted by Gasteiger charge is -2.09. The summed E-state index contributed by atoms with van der Waals surface area (Å²) in [5.74, 6) is 0.774. The van der Waals surface area contributed by atoms with Gasteiger partial charge >= 0.3 is 0 Å². The third kappa shape index (κ3) is 5.44. The first-order valence-corrected chi connectivity index (χ1v) is 6.39. The second kappa shape index (κ2) is 7.59. The number of hydrogen-bond donors (Lipinski definition) is 1. The van der Waals surface area contributed by atoms with E-state index in [1.807, 2.05) is 24.3 Å². The molecule has 0 aliphatic rings. The Morgan fingerprint density at radius 1 is 1.41 bits per heavy atom. The Balaban J connectivity index is 2.50. The van der Waals surface area contributed by atoms with Crippen LogP contribution in [0.15, 0.2) is 34.8 Å². The van der Waals surface area contributed by atoms with Crippen molar-refractivity contribution in [1.29, 1.82) is 0 Å². The van der Waals surface area contributed by atoms with E-state index in [9.17, 15) is 0 Å². The Kier molecular flexibility index (Phi) is 6.41. The van der Waals surface area contributed by atoms with Crippen LogP contribution in [0.25, 0.3) is 0 Å². The average Bonchev–Trinajstić information content (AvgIpc) is 2.37.